The van der Waals surface area contributed by atoms with Gasteiger partial charge in [0.15, 0.2) is 0 Å². The van der Waals surface area contributed by atoms with Crippen molar-refractivity contribution in [1.82, 2.24) is 10.3 Å². The fourth-order valence-corrected chi connectivity index (χ4v) is 3.44. The van der Waals surface area contributed by atoms with Crippen LogP contribution in [0.1, 0.15) is 29.2 Å². The van der Waals surface area contributed by atoms with Crippen LogP contribution in [0.4, 0.5) is 4.39 Å². The van der Waals surface area contributed by atoms with E-state index in [9.17, 15) is 9.18 Å². The number of hydrogen-bond acceptors (Lipinski definition) is 5. The van der Waals surface area contributed by atoms with Gasteiger partial charge in [0, 0.05) is 10.9 Å². The Bertz CT molecular complexity index is 927. The Balaban J connectivity index is 1.52. The van der Waals surface area contributed by atoms with Gasteiger partial charge in [0.05, 0.1) is 25.3 Å². The second kappa shape index (κ2) is 9.32. The van der Waals surface area contributed by atoms with Gasteiger partial charge < -0.3 is 14.8 Å². The topological polar surface area (TPSA) is 60.5 Å². The molecule has 1 heterocycles. The molecule has 1 unspecified atom stereocenters. The van der Waals surface area contributed by atoms with Crippen LogP contribution in [0, 0.1) is 5.82 Å². The Labute approximate surface area is 167 Å². The van der Waals surface area contributed by atoms with Gasteiger partial charge in [-0.1, -0.05) is 18.2 Å². The number of hydrogen-bond donors (Lipinski definition) is 1. The number of nitrogens with one attached hydrogen (secondary N) is 1. The number of carbonyl (C=O) groups excluding carboxylic acids is 1. The highest BCUT2D eigenvalue weighted by Crippen LogP contribution is 2.24. The van der Waals surface area contributed by atoms with Crippen LogP contribution in [0.5, 0.6) is 11.5 Å². The van der Waals surface area contributed by atoms with Gasteiger partial charge in [-0.05, 0) is 37.3 Å². The number of benzene rings is 2. The third-order valence-corrected chi connectivity index (χ3v) is 4.97. The number of para-hydroxylation sites is 1. The summed E-state index contributed by atoms with van der Waals surface area (Å²) in [7, 11) is 1.61. The molecular weight excluding hydrogens is 379 g/mol. The second-order valence-electron chi connectivity index (χ2n) is 6.18. The van der Waals surface area contributed by atoms with Crippen LogP contribution in [0.3, 0.4) is 0 Å². The van der Waals surface area contributed by atoms with Gasteiger partial charge in [0.25, 0.3) is 0 Å². The average Bonchev–Trinajstić information content (AvgIpc) is 3.14. The van der Waals surface area contributed by atoms with Gasteiger partial charge >= 0.3 is 0 Å². The molecule has 0 saturated heterocycles. The lowest BCUT2D eigenvalue weighted by Crippen LogP contribution is -2.28. The number of methoxy groups -OCH3 is 1. The molecule has 1 atom stereocenters. The van der Waals surface area contributed by atoms with Crippen molar-refractivity contribution in [3.63, 3.8) is 0 Å². The summed E-state index contributed by atoms with van der Waals surface area (Å²) >= 11 is 1.43. The number of halogens is 1. The van der Waals surface area contributed by atoms with Crippen molar-refractivity contribution < 1.29 is 18.7 Å². The van der Waals surface area contributed by atoms with Crippen LogP contribution < -0.4 is 14.8 Å². The normalized spacial score (nSPS) is 11.7. The quantitative estimate of drug-likeness (QED) is 0.613. The van der Waals surface area contributed by atoms with E-state index in [0.717, 1.165) is 16.3 Å². The first-order chi connectivity index (χ1) is 13.5. The summed E-state index contributed by atoms with van der Waals surface area (Å²) in [5.74, 6) is 0.887. The van der Waals surface area contributed by atoms with Crippen molar-refractivity contribution in [3.8, 4) is 11.5 Å². The highest BCUT2D eigenvalue weighted by atomic mass is 32.1. The van der Waals surface area contributed by atoms with E-state index in [4.69, 9.17) is 9.47 Å². The minimum Gasteiger partial charge on any atom is -0.496 e. The fourth-order valence-electron chi connectivity index (χ4n) is 2.73. The predicted molar refractivity (Wildman–Crippen MR) is 106 cm³/mol. The predicted octanol–water partition coefficient (Wildman–Crippen LogP) is 4.29. The number of thiazole rings is 1. The molecule has 0 fully saturated rings. The molecule has 0 saturated carbocycles. The molecule has 0 aliphatic carbocycles. The van der Waals surface area contributed by atoms with Crippen molar-refractivity contribution in [3.05, 3.63) is 76.0 Å². The molecule has 0 spiro atoms. The first-order valence-electron chi connectivity index (χ1n) is 8.79. The van der Waals surface area contributed by atoms with E-state index in [1.165, 1.54) is 23.5 Å². The Hall–Kier alpha value is -2.93. The Morgan fingerprint density at radius 3 is 2.71 bits per heavy atom. The molecule has 1 N–H and O–H groups in total. The van der Waals surface area contributed by atoms with E-state index in [2.05, 4.69) is 10.3 Å². The van der Waals surface area contributed by atoms with Crippen LogP contribution >= 0.6 is 11.3 Å². The minimum absolute atomic E-state index is 0.116. The Kier molecular flexibility index (Phi) is 6.60. The van der Waals surface area contributed by atoms with Crippen LogP contribution in [0.25, 0.3) is 0 Å². The molecule has 0 aliphatic rings. The van der Waals surface area contributed by atoms with Crippen molar-refractivity contribution in [2.24, 2.45) is 0 Å². The van der Waals surface area contributed by atoms with Crippen molar-refractivity contribution >= 4 is 17.2 Å². The maximum Gasteiger partial charge on any atom is 0.226 e. The van der Waals surface area contributed by atoms with Crippen LogP contribution in [-0.4, -0.2) is 18.0 Å². The molecule has 28 heavy (non-hydrogen) atoms. The van der Waals surface area contributed by atoms with Crippen LogP contribution in [0.2, 0.25) is 0 Å². The van der Waals surface area contributed by atoms with Gasteiger partial charge in [-0.25, -0.2) is 9.37 Å². The van der Waals surface area contributed by atoms with E-state index in [-0.39, 0.29) is 30.8 Å². The average molecular weight is 400 g/mol. The lowest BCUT2D eigenvalue weighted by molar-refractivity contribution is -0.121. The van der Waals surface area contributed by atoms with Crippen molar-refractivity contribution in [2.45, 2.75) is 26.0 Å². The number of ether oxygens (including phenoxy) is 2. The standard InChI is InChI=1S/C21H21FN2O3S/c1-14(18-5-3-4-6-19(18)26-2)23-20(25)11-16-13-28-21(24-16)12-27-17-9-7-15(22)8-10-17/h3-10,13-14H,11-12H2,1-2H3,(H,23,25). The van der Waals surface area contributed by atoms with E-state index >= 15 is 0 Å². The maximum atomic E-state index is 12.9. The molecule has 1 aromatic heterocycles. The largest absolute Gasteiger partial charge is 0.496 e. The first kappa shape index (κ1) is 19.8. The zero-order valence-corrected chi connectivity index (χ0v) is 16.5. The first-order valence-corrected chi connectivity index (χ1v) is 9.67. The number of carbonyl (C=O) groups is 1. The molecule has 0 bridgehead atoms. The number of rotatable bonds is 8. The van der Waals surface area contributed by atoms with Gasteiger partial charge in [-0.2, -0.15) is 0 Å². The third-order valence-electron chi connectivity index (χ3n) is 4.10. The highest BCUT2D eigenvalue weighted by molar-refractivity contribution is 7.09. The molecule has 1 amide bonds. The van der Waals surface area contributed by atoms with Gasteiger partial charge in [-0.3, -0.25) is 4.79 Å². The number of nitrogens with zero attached hydrogens (tertiary/aromatic N) is 1. The molecule has 5 nitrogen and oxygen atoms in total. The monoisotopic (exact) mass is 400 g/mol. The van der Waals surface area contributed by atoms with E-state index in [1.54, 1.807) is 19.2 Å². The van der Waals surface area contributed by atoms with Crippen molar-refractivity contribution in [2.75, 3.05) is 7.11 Å². The molecular formula is C21H21FN2O3S. The molecule has 3 aromatic rings. The van der Waals surface area contributed by atoms with Crippen LogP contribution in [0.15, 0.2) is 53.9 Å². The van der Waals surface area contributed by atoms with Crippen molar-refractivity contribution in [1.29, 1.82) is 0 Å². The Morgan fingerprint density at radius 1 is 1.21 bits per heavy atom. The molecule has 3 rings (SSSR count). The minimum atomic E-state index is -0.308. The summed E-state index contributed by atoms with van der Waals surface area (Å²) in [4.78, 5) is 16.8. The molecule has 0 radical (unpaired) electrons. The molecule has 0 aliphatic heterocycles. The lowest BCUT2D eigenvalue weighted by atomic mass is 10.1. The zero-order chi connectivity index (χ0) is 19.9. The van der Waals surface area contributed by atoms with E-state index in [1.807, 2.05) is 36.6 Å². The SMILES string of the molecule is COc1ccccc1C(C)NC(=O)Cc1csc(COc2ccc(F)cc2)n1. The summed E-state index contributed by atoms with van der Waals surface area (Å²) in [6.07, 6.45) is 0.187. The zero-order valence-electron chi connectivity index (χ0n) is 15.6. The Morgan fingerprint density at radius 2 is 1.96 bits per heavy atom. The van der Waals surface area contributed by atoms with Gasteiger partial charge in [0.2, 0.25) is 5.91 Å². The molecule has 146 valence electrons. The second-order valence-corrected chi connectivity index (χ2v) is 7.13. The lowest BCUT2D eigenvalue weighted by Gasteiger charge is -2.17. The number of amides is 1. The fraction of sp³-hybridized carbons (Fsp3) is 0.238. The maximum absolute atomic E-state index is 12.9. The third kappa shape index (κ3) is 5.29. The summed E-state index contributed by atoms with van der Waals surface area (Å²) in [6, 6.07) is 13.2. The summed E-state index contributed by atoms with van der Waals surface area (Å²) in [5, 5.41) is 5.57. The summed E-state index contributed by atoms with van der Waals surface area (Å²) in [6.45, 7) is 2.19. The summed E-state index contributed by atoms with van der Waals surface area (Å²) in [5.41, 5.74) is 1.61. The van der Waals surface area contributed by atoms with E-state index < -0.39 is 0 Å². The van der Waals surface area contributed by atoms with Gasteiger partial charge in [0.1, 0.15) is 28.9 Å². The van der Waals surface area contributed by atoms with E-state index in [0.29, 0.717) is 11.4 Å². The van der Waals surface area contributed by atoms with Gasteiger partial charge in [-0.15, -0.1) is 11.3 Å². The summed E-state index contributed by atoms with van der Waals surface area (Å²) < 4.78 is 23.8. The molecule has 7 heteroatoms. The number of aromatic nitrogens is 1. The smallest absolute Gasteiger partial charge is 0.226 e. The highest BCUT2D eigenvalue weighted by Gasteiger charge is 2.15. The van der Waals surface area contributed by atoms with Crippen LogP contribution in [-0.2, 0) is 17.8 Å². The molecule has 2 aromatic carbocycles.